The Morgan fingerprint density at radius 3 is 2.77 bits per heavy atom. The number of hydrogen-bond donors (Lipinski definition) is 0. The molecule has 2 aliphatic heterocycles. The molecule has 2 aliphatic rings. The number of Topliss-reactive ketones (excluding diaryl/α,β-unsaturated/α-hetero) is 1. The molecular weight excluding hydrogens is 176 g/mol. The lowest BCUT2D eigenvalue weighted by atomic mass is 9.98. The Balaban J connectivity index is 2.15. The maximum absolute atomic E-state index is 11.5. The Labute approximate surface area is 74.9 Å². The predicted octanol–water partition coefficient (Wildman–Crippen LogP) is -0.366. The van der Waals surface area contributed by atoms with Crippen molar-refractivity contribution in [3.8, 4) is 0 Å². The highest BCUT2D eigenvalue weighted by atomic mass is 16.7. The third-order valence-corrected chi connectivity index (χ3v) is 2.38. The Morgan fingerprint density at radius 1 is 1.54 bits per heavy atom. The van der Waals surface area contributed by atoms with Gasteiger partial charge in [0.2, 0.25) is 0 Å². The third kappa shape index (κ3) is 1.24. The van der Waals surface area contributed by atoms with Crippen molar-refractivity contribution in [1.29, 1.82) is 0 Å². The summed E-state index contributed by atoms with van der Waals surface area (Å²) in [4.78, 5) is 22.3. The third-order valence-electron chi connectivity index (χ3n) is 2.38. The minimum Gasteiger partial charge on any atom is -0.462 e. The number of cyclic esters (lactones) is 1. The molecule has 2 heterocycles. The maximum Gasteiger partial charge on any atom is 0.309 e. The van der Waals surface area contributed by atoms with Crippen molar-refractivity contribution in [3.05, 3.63) is 0 Å². The lowest BCUT2D eigenvalue weighted by Crippen LogP contribution is -2.36. The molecule has 5 nitrogen and oxygen atoms in total. The van der Waals surface area contributed by atoms with E-state index in [0.29, 0.717) is 0 Å². The molecule has 2 atom stereocenters. The van der Waals surface area contributed by atoms with E-state index >= 15 is 0 Å². The van der Waals surface area contributed by atoms with E-state index in [0.717, 1.165) is 0 Å². The van der Waals surface area contributed by atoms with Gasteiger partial charge in [-0.1, -0.05) is 0 Å². The average molecular weight is 186 g/mol. The summed E-state index contributed by atoms with van der Waals surface area (Å²) in [5.74, 6) is -0.490. The first-order chi connectivity index (χ1) is 6.16. The van der Waals surface area contributed by atoms with Crippen LogP contribution in [0, 0.1) is 0 Å². The molecule has 2 fully saturated rings. The zero-order valence-electron chi connectivity index (χ0n) is 7.24. The van der Waals surface area contributed by atoms with Gasteiger partial charge in [0.1, 0.15) is 6.61 Å². The monoisotopic (exact) mass is 186 g/mol. The lowest BCUT2D eigenvalue weighted by molar-refractivity contribution is -0.160. The lowest BCUT2D eigenvalue weighted by Gasteiger charge is -2.17. The zero-order valence-corrected chi connectivity index (χ0v) is 7.24. The van der Waals surface area contributed by atoms with Crippen molar-refractivity contribution in [2.45, 2.75) is 24.7 Å². The Kier molecular flexibility index (Phi) is 1.85. The summed E-state index contributed by atoms with van der Waals surface area (Å²) in [7, 11) is 1.47. The van der Waals surface area contributed by atoms with Crippen LogP contribution in [0.2, 0.25) is 0 Å². The van der Waals surface area contributed by atoms with Crippen LogP contribution in [0.4, 0.5) is 0 Å². The highest BCUT2D eigenvalue weighted by molar-refractivity contribution is 5.95. The fourth-order valence-electron chi connectivity index (χ4n) is 1.61. The van der Waals surface area contributed by atoms with Gasteiger partial charge < -0.3 is 14.2 Å². The van der Waals surface area contributed by atoms with E-state index in [1.807, 2.05) is 0 Å². The van der Waals surface area contributed by atoms with E-state index in [1.165, 1.54) is 7.11 Å². The molecule has 1 spiro atoms. The van der Waals surface area contributed by atoms with Gasteiger partial charge in [0.15, 0.2) is 17.7 Å². The topological polar surface area (TPSA) is 61.8 Å². The van der Waals surface area contributed by atoms with E-state index in [4.69, 9.17) is 14.2 Å². The van der Waals surface area contributed by atoms with E-state index < -0.39 is 11.9 Å². The molecule has 0 amide bonds. The van der Waals surface area contributed by atoms with Crippen LogP contribution < -0.4 is 0 Å². The molecule has 13 heavy (non-hydrogen) atoms. The van der Waals surface area contributed by atoms with Crippen molar-refractivity contribution in [2.24, 2.45) is 0 Å². The average Bonchev–Trinajstić information content (AvgIpc) is 2.60. The fourth-order valence-corrected chi connectivity index (χ4v) is 1.61. The summed E-state index contributed by atoms with van der Waals surface area (Å²) in [6.07, 6.45) is -0.305. The van der Waals surface area contributed by atoms with E-state index in [1.54, 1.807) is 0 Å². The van der Waals surface area contributed by atoms with Crippen molar-refractivity contribution >= 4 is 11.8 Å². The van der Waals surface area contributed by atoms with Crippen molar-refractivity contribution in [3.63, 3.8) is 0 Å². The number of hydrogen-bond acceptors (Lipinski definition) is 5. The zero-order chi connectivity index (χ0) is 9.47. The smallest absolute Gasteiger partial charge is 0.309 e. The SMILES string of the molecule is COC1CC(=O)C2(COC(=O)C2)O1. The second-order valence-corrected chi connectivity index (χ2v) is 3.24. The molecule has 2 rings (SSSR count). The van der Waals surface area contributed by atoms with Crippen molar-refractivity contribution < 1.29 is 23.8 Å². The molecule has 2 saturated heterocycles. The molecule has 72 valence electrons. The van der Waals surface area contributed by atoms with E-state index in [2.05, 4.69) is 0 Å². The van der Waals surface area contributed by atoms with Crippen LogP contribution >= 0.6 is 0 Å². The van der Waals surface area contributed by atoms with Crippen molar-refractivity contribution in [2.75, 3.05) is 13.7 Å². The summed E-state index contributed by atoms with van der Waals surface area (Å²) in [6.45, 7) is 0.0323. The minimum atomic E-state index is -1.04. The van der Waals surface area contributed by atoms with Gasteiger partial charge in [0.05, 0.1) is 12.8 Å². The summed E-state index contributed by atoms with van der Waals surface area (Å²) in [5, 5.41) is 0. The van der Waals surface area contributed by atoms with Crippen LogP contribution in [-0.2, 0) is 23.8 Å². The van der Waals surface area contributed by atoms with Gasteiger partial charge in [-0.15, -0.1) is 0 Å². The number of ether oxygens (including phenoxy) is 3. The number of rotatable bonds is 1. The molecule has 0 aromatic carbocycles. The molecule has 0 aromatic heterocycles. The number of esters is 1. The number of methoxy groups -OCH3 is 1. The summed E-state index contributed by atoms with van der Waals surface area (Å²) in [5.41, 5.74) is -1.04. The first kappa shape index (κ1) is 8.65. The second kappa shape index (κ2) is 2.78. The quantitative estimate of drug-likeness (QED) is 0.523. The molecule has 5 heteroatoms. The van der Waals surface area contributed by atoms with Crippen LogP contribution in [0.1, 0.15) is 12.8 Å². The van der Waals surface area contributed by atoms with Crippen LogP contribution in [0.25, 0.3) is 0 Å². The van der Waals surface area contributed by atoms with Crippen LogP contribution in [-0.4, -0.2) is 37.4 Å². The first-order valence-electron chi connectivity index (χ1n) is 4.06. The maximum atomic E-state index is 11.5. The van der Waals surface area contributed by atoms with Gasteiger partial charge in [-0.05, 0) is 0 Å². The minimum absolute atomic E-state index is 0.0195. The molecule has 2 unspecified atom stereocenters. The molecule has 0 aromatic rings. The largest absolute Gasteiger partial charge is 0.462 e. The Morgan fingerprint density at radius 2 is 2.31 bits per heavy atom. The summed E-state index contributed by atoms with van der Waals surface area (Å²) < 4.78 is 14.9. The molecule has 0 aliphatic carbocycles. The van der Waals surface area contributed by atoms with Gasteiger partial charge in [0, 0.05) is 7.11 Å². The van der Waals surface area contributed by atoms with Crippen LogP contribution in [0.5, 0.6) is 0 Å². The van der Waals surface area contributed by atoms with Gasteiger partial charge in [-0.3, -0.25) is 9.59 Å². The summed E-state index contributed by atoms with van der Waals surface area (Å²) in [6, 6.07) is 0. The van der Waals surface area contributed by atoms with Crippen LogP contribution in [0.15, 0.2) is 0 Å². The van der Waals surface area contributed by atoms with Crippen LogP contribution in [0.3, 0.4) is 0 Å². The fraction of sp³-hybridized carbons (Fsp3) is 0.750. The number of carbonyl (C=O) groups excluding carboxylic acids is 2. The molecule has 0 bridgehead atoms. The molecule has 0 saturated carbocycles. The first-order valence-corrected chi connectivity index (χ1v) is 4.06. The number of ketones is 1. The summed E-state index contributed by atoms with van der Waals surface area (Å²) >= 11 is 0. The van der Waals surface area contributed by atoms with Gasteiger partial charge >= 0.3 is 5.97 Å². The molecule has 0 N–H and O–H groups in total. The normalized spacial score (nSPS) is 38.7. The van der Waals surface area contributed by atoms with Gasteiger partial charge in [-0.25, -0.2) is 0 Å². The standard InChI is InChI=1S/C8H10O5/c1-11-7-2-5(9)8(13-7)3-6(10)12-4-8/h7H,2-4H2,1H3. The van der Waals surface area contributed by atoms with Gasteiger partial charge in [0.25, 0.3) is 0 Å². The van der Waals surface area contributed by atoms with Gasteiger partial charge in [-0.2, -0.15) is 0 Å². The van der Waals surface area contributed by atoms with Crippen molar-refractivity contribution in [1.82, 2.24) is 0 Å². The molecule has 0 radical (unpaired) electrons. The predicted molar refractivity (Wildman–Crippen MR) is 39.8 cm³/mol. The Bertz CT molecular complexity index is 261. The second-order valence-electron chi connectivity index (χ2n) is 3.24. The molecular formula is C8H10O5. The van der Waals surface area contributed by atoms with E-state index in [9.17, 15) is 9.59 Å². The Hall–Kier alpha value is -0.940. The number of carbonyl (C=O) groups is 2. The highest BCUT2D eigenvalue weighted by Crippen LogP contribution is 2.34. The van der Waals surface area contributed by atoms with E-state index in [-0.39, 0.29) is 31.2 Å². The highest BCUT2D eigenvalue weighted by Gasteiger charge is 2.54.